The van der Waals surface area contributed by atoms with Crippen LogP contribution >= 0.6 is 0 Å². The van der Waals surface area contributed by atoms with Crippen LogP contribution in [0.3, 0.4) is 0 Å². The number of rotatable bonds is 6. The Bertz CT molecular complexity index is 671. The van der Waals surface area contributed by atoms with Crippen LogP contribution in [-0.2, 0) is 13.1 Å². The average Bonchev–Trinajstić information content (AvgIpc) is 3.25. The molecule has 0 radical (unpaired) electrons. The molecule has 1 aliphatic heterocycles. The van der Waals surface area contributed by atoms with Gasteiger partial charge in [-0.3, -0.25) is 9.48 Å². The van der Waals surface area contributed by atoms with Crippen molar-refractivity contribution in [2.24, 2.45) is 0 Å². The Kier molecular flexibility index (Phi) is 5.30. The predicted molar refractivity (Wildman–Crippen MR) is 94.8 cm³/mol. The van der Waals surface area contributed by atoms with Crippen LogP contribution in [0.25, 0.3) is 0 Å². The molecule has 1 N–H and O–H groups in total. The van der Waals surface area contributed by atoms with Gasteiger partial charge in [0, 0.05) is 37.4 Å². The van der Waals surface area contributed by atoms with E-state index in [-0.39, 0.29) is 5.91 Å². The van der Waals surface area contributed by atoms with Crippen LogP contribution in [0, 0.1) is 6.92 Å². The Balaban J connectivity index is 1.49. The largest absolute Gasteiger partial charge is 0.339 e. The van der Waals surface area contributed by atoms with Crippen LogP contribution in [0.2, 0.25) is 0 Å². The van der Waals surface area contributed by atoms with Crippen LogP contribution in [0.5, 0.6) is 0 Å². The molecule has 1 aromatic heterocycles. The van der Waals surface area contributed by atoms with Gasteiger partial charge in [0.1, 0.15) is 0 Å². The van der Waals surface area contributed by atoms with Crippen molar-refractivity contribution < 1.29 is 4.79 Å². The molecule has 0 saturated carbocycles. The number of aryl methyl sites for hydroxylation is 1. The van der Waals surface area contributed by atoms with E-state index in [9.17, 15) is 4.79 Å². The van der Waals surface area contributed by atoms with Crippen molar-refractivity contribution >= 4 is 5.91 Å². The van der Waals surface area contributed by atoms with Crippen molar-refractivity contribution in [1.82, 2.24) is 20.0 Å². The second kappa shape index (κ2) is 7.62. The van der Waals surface area contributed by atoms with Gasteiger partial charge in [0.15, 0.2) is 0 Å². The lowest BCUT2D eigenvalue weighted by atomic mass is 10.1. The summed E-state index contributed by atoms with van der Waals surface area (Å²) in [5, 5.41) is 7.82. The fourth-order valence-corrected chi connectivity index (χ4v) is 3.07. The molecule has 3 rings (SSSR count). The van der Waals surface area contributed by atoms with Gasteiger partial charge in [-0.2, -0.15) is 5.10 Å². The van der Waals surface area contributed by atoms with Crippen LogP contribution in [-0.4, -0.2) is 39.7 Å². The van der Waals surface area contributed by atoms with Crippen molar-refractivity contribution in [2.45, 2.75) is 45.8 Å². The summed E-state index contributed by atoms with van der Waals surface area (Å²) < 4.78 is 1.96. The van der Waals surface area contributed by atoms with Crippen LogP contribution < -0.4 is 5.32 Å². The van der Waals surface area contributed by atoms with E-state index >= 15 is 0 Å². The molecule has 0 bridgehead atoms. The summed E-state index contributed by atoms with van der Waals surface area (Å²) in [5.41, 5.74) is 3.16. The topological polar surface area (TPSA) is 50.2 Å². The minimum atomic E-state index is 0.162. The molecule has 128 valence electrons. The zero-order chi connectivity index (χ0) is 16.9. The first-order valence-corrected chi connectivity index (χ1v) is 8.72. The van der Waals surface area contributed by atoms with Gasteiger partial charge >= 0.3 is 0 Å². The normalized spacial score (nSPS) is 15.7. The van der Waals surface area contributed by atoms with Crippen LogP contribution in [0.4, 0.5) is 0 Å². The maximum atomic E-state index is 12.3. The molecule has 1 amide bonds. The van der Waals surface area contributed by atoms with Crippen molar-refractivity contribution in [1.29, 1.82) is 0 Å². The minimum absolute atomic E-state index is 0.162. The second-order valence-electron chi connectivity index (χ2n) is 6.72. The Hall–Kier alpha value is -2.14. The number of nitrogens with zero attached hydrogens (tertiary/aromatic N) is 3. The molecular weight excluding hydrogens is 300 g/mol. The Morgan fingerprint density at radius 1 is 1.25 bits per heavy atom. The Morgan fingerprint density at radius 3 is 2.58 bits per heavy atom. The molecule has 1 aromatic carbocycles. The van der Waals surface area contributed by atoms with E-state index in [0.29, 0.717) is 6.04 Å². The monoisotopic (exact) mass is 326 g/mol. The van der Waals surface area contributed by atoms with Gasteiger partial charge in [0.2, 0.25) is 0 Å². The highest BCUT2D eigenvalue weighted by molar-refractivity contribution is 5.94. The summed E-state index contributed by atoms with van der Waals surface area (Å²) in [5.74, 6) is 0.162. The van der Waals surface area contributed by atoms with Crippen molar-refractivity contribution in [3.8, 4) is 0 Å². The van der Waals surface area contributed by atoms with Crippen LogP contribution in [0.15, 0.2) is 36.7 Å². The zero-order valence-corrected chi connectivity index (χ0v) is 14.5. The summed E-state index contributed by atoms with van der Waals surface area (Å²) >= 11 is 0. The third-order valence-corrected chi connectivity index (χ3v) is 4.47. The first-order valence-electron chi connectivity index (χ1n) is 8.72. The molecule has 0 aliphatic carbocycles. The lowest BCUT2D eigenvalue weighted by molar-refractivity contribution is 0.0793. The highest BCUT2D eigenvalue weighted by Crippen LogP contribution is 2.13. The summed E-state index contributed by atoms with van der Waals surface area (Å²) in [4.78, 5) is 14.3. The predicted octanol–water partition coefficient (Wildman–Crippen LogP) is 2.61. The molecule has 5 heteroatoms. The number of hydrogen-bond acceptors (Lipinski definition) is 3. The van der Waals surface area contributed by atoms with Crippen molar-refractivity contribution in [2.75, 3.05) is 13.1 Å². The summed E-state index contributed by atoms with van der Waals surface area (Å²) in [6.45, 7) is 7.63. The van der Waals surface area contributed by atoms with E-state index in [1.807, 2.05) is 47.0 Å². The van der Waals surface area contributed by atoms with E-state index < -0.39 is 0 Å². The van der Waals surface area contributed by atoms with Gasteiger partial charge in [0.25, 0.3) is 5.91 Å². The molecular formula is C19H26N4O. The molecule has 1 saturated heterocycles. The van der Waals surface area contributed by atoms with Crippen molar-refractivity contribution in [3.63, 3.8) is 0 Å². The number of nitrogens with one attached hydrogen (secondary N) is 1. The number of likely N-dealkylation sites (tertiary alicyclic amines) is 1. The Morgan fingerprint density at radius 2 is 1.96 bits per heavy atom. The first kappa shape index (κ1) is 16.7. The highest BCUT2D eigenvalue weighted by Gasteiger charge is 2.19. The number of aromatic nitrogens is 2. The number of amides is 1. The third kappa shape index (κ3) is 4.23. The van der Waals surface area contributed by atoms with Gasteiger partial charge in [-0.15, -0.1) is 0 Å². The number of benzene rings is 1. The lowest BCUT2D eigenvalue weighted by Crippen LogP contribution is -2.30. The zero-order valence-electron chi connectivity index (χ0n) is 14.5. The smallest absolute Gasteiger partial charge is 0.253 e. The molecule has 1 aliphatic rings. The summed E-state index contributed by atoms with van der Waals surface area (Å²) in [7, 11) is 0. The SMILES string of the molecule is Cc1cnn(C[C@H](C)NCc2ccc(C(=O)N3CCCC3)cc2)c1. The molecule has 0 unspecified atom stereocenters. The van der Waals surface area contributed by atoms with E-state index in [1.165, 1.54) is 11.1 Å². The van der Waals surface area contributed by atoms with E-state index in [2.05, 4.69) is 23.5 Å². The molecule has 1 atom stereocenters. The fourth-order valence-electron chi connectivity index (χ4n) is 3.07. The Labute approximate surface area is 143 Å². The minimum Gasteiger partial charge on any atom is -0.339 e. The quantitative estimate of drug-likeness (QED) is 0.888. The third-order valence-electron chi connectivity index (χ3n) is 4.47. The maximum absolute atomic E-state index is 12.3. The number of carbonyl (C=O) groups is 1. The number of hydrogen-bond donors (Lipinski definition) is 1. The van der Waals surface area contributed by atoms with Crippen LogP contribution in [0.1, 0.15) is 41.3 Å². The second-order valence-corrected chi connectivity index (χ2v) is 6.72. The van der Waals surface area contributed by atoms with Gasteiger partial charge in [-0.1, -0.05) is 12.1 Å². The molecule has 24 heavy (non-hydrogen) atoms. The molecule has 0 spiro atoms. The maximum Gasteiger partial charge on any atom is 0.253 e. The molecule has 5 nitrogen and oxygen atoms in total. The molecule has 1 fully saturated rings. The molecule has 2 heterocycles. The summed E-state index contributed by atoms with van der Waals surface area (Å²) in [6, 6.07) is 8.30. The van der Waals surface area contributed by atoms with Crippen molar-refractivity contribution in [3.05, 3.63) is 53.3 Å². The highest BCUT2D eigenvalue weighted by atomic mass is 16.2. The fraction of sp³-hybridized carbons (Fsp3) is 0.474. The van der Waals surface area contributed by atoms with Gasteiger partial charge in [0.05, 0.1) is 12.7 Å². The number of carbonyl (C=O) groups excluding carboxylic acids is 1. The average molecular weight is 326 g/mol. The lowest BCUT2D eigenvalue weighted by Gasteiger charge is -2.16. The van der Waals surface area contributed by atoms with E-state index in [1.54, 1.807) is 0 Å². The molecule has 2 aromatic rings. The standard InChI is InChI=1S/C19H26N4O/c1-15-11-21-23(13-15)14-16(2)20-12-17-5-7-18(8-6-17)19(24)22-9-3-4-10-22/h5-8,11,13,16,20H,3-4,9-10,12,14H2,1-2H3/t16-/m0/s1. The summed E-state index contributed by atoms with van der Waals surface area (Å²) in [6.07, 6.45) is 6.18. The van der Waals surface area contributed by atoms with E-state index in [0.717, 1.165) is 44.6 Å². The van der Waals surface area contributed by atoms with Gasteiger partial charge in [-0.05, 0) is 49.9 Å². The van der Waals surface area contributed by atoms with Gasteiger partial charge < -0.3 is 10.2 Å². The first-order chi connectivity index (χ1) is 11.6. The van der Waals surface area contributed by atoms with E-state index in [4.69, 9.17) is 0 Å². The van der Waals surface area contributed by atoms with Gasteiger partial charge in [-0.25, -0.2) is 0 Å².